The van der Waals surface area contributed by atoms with Gasteiger partial charge in [0.25, 0.3) is 0 Å². The van der Waals surface area contributed by atoms with Crippen molar-refractivity contribution in [3.05, 3.63) is 11.6 Å². The monoisotopic (exact) mass is 564 g/mol. The van der Waals surface area contributed by atoms with Crippen LogP contribution in [0.3, 0.4) is 0 Å². The highest BCUT2D eigenvalue weighted by Gasteiger charge is 2.67. The van der Waals surface area contributed by atoms with E-state index in [-0.39, 0.29) is 41.3 Å². The lowest BCUT2D eigenvalue weighted by atomic mass is 9.43. The van der Waals surface area contributed by atoms with Crippen molar-refractivity contribution < 1.29 is 43.8 Å². The highest BCUT2D eigenvalue weighted by Crippen LogP contribution is 2.70. The van der Waals surface area contributed by atoms with E-state index in [4.69, 9.17) is 23.7 Å². The van der Waals surface area contributed by atoms with Gasteiger partial charge in [-0.3, -0.25) is 0 Å². The number of cyclic esters (lactones) is 1. The summed E-state index contributed by atoms with van der Waals surface area (Å²) in [7, 11) is 3.08. The largest absolute Gasteiger partial charge is 0.458 e. The molecule has 13 atom stereocenters. The van der Waals surface area contributed by atoms with Gasteiger partial charge >= 0.3 is 5.97 Å². The third-order valence-corrected chi connectivity index (χ3v) is 12.6. The second-order valence-corrected chi connectivity index (χ2v) is 13.9. The Balaban J connectivity index is 1.16. The van der Waals surface area contributed by atoms with Gasteiger partial charge in [-0.2, -0.15) is 0 Å². The molecule has 0 radical (unpaired) electrons. The van der Waals surface area contributed by atoms with Crippen molar-refractivity contribution in [1.29, 1.82) is 0 Å². The highest BCUT2D eigenvalue weighted by atomic mass is 16.7. The van der Waals surface area contributed by atoms with Crippen molar-refractivity contribution in [1.82, 2.24) is 0 Å². The maximum Gasteiger partial charge on any atom is 0.331 e. The molecule has 0 aromatic rings. The Labute approximate surface area is 237 Å². The van der Waals surface area contributed by atoms with E-state index < -0.39 is 36.3 Å². The number of carbonyl (C=O) groups is 1. The van der Waals surface area contributed by atoms with Gasteiger partial charge in [0.15, 0.2) is 6.29 Å². The SMILES string of the molecule is CO[C@H]1[C@H](O[C@H]2CC[C@@]3(C)[C@H](CC[C@@H]4[C@@H]3CC[C@]3(C)[C@@H](C5=CC(=O)OC5)CC[C@]43O)C2)O[C@H](CO)[C@@H](O)[C@@H]1OC. The molecular formula is C31H48O9. The zero-order chi connectivity index (χ0) is 28.4. The fourth-order valence-corrected chi connectivity index (χ4v) is 10.4. The topological polar surface area (TPSA) is 124 Å². The van der Waals surface area contributed by atoms with Crippen LogP contribution < -0.4 is 0 Å². The molecule has 0 amide bonds. The fraction of sp³-hybridized carbons (Fsp3) is 0.903. The predicted molar refractivity (Wildman–Crippen MR) is 144 cm³/mol. The lowest BCUT2D eigenvalue weighted by Gasteiger charge is -2.64. The van der Waals surface area contributed by atoms with Crippen molar-refractivity contribution in [2.45, 2.75) is 114 Å². The Kier molecular flexibility index (Phi) is 7.68. The van der Waals surface area contributed by atoms with Crippen LogP contribution in [0.4, 0.5) is 0 Å². The minimum Gasteiger partial charge on any atom is -0.458 e. The van der Waals surface area contributed by atoms with Crippen LogP contribution in [0.15, 0.2) is 11.6 Å². The van der Waals surface area contributed by atoms with Gasteiger partial charge in [-0.05, 0) is 92.4 Å². The van der Waals surface area contributed by atoms with E-state index in [9.17, 15) is 20.1 Å². The summed E-state index contributed by atoms with van der Waals surface area (Å²) in [5.74, 6) is 1.18. The van der Waals surface area contributed by atoms with Crippen LogP contribution in [0.5, 0.6) is 0 Å². The number of methoxy groups -OCH3 is 2. The number of aliphatic hydroxyl groups is 3. The molecule has 1 saturated heterocycles. The van der Waals surface area contributed by atoms with E-state index in [0.29, 0.717) is 18.4 Å². The van der Waals surface area contributed by atoms with Crippen molar-refractivity contribution in [2.24, 2.45) is 34.5 Å². The molecule has 5 fully saturated rings. The average molecular weight is 565 g/mol. The van der Waals surface area contributed by atoms with Gasteiger partial charge in [0.05, 0.1) is 18.3 Å². The van der Waals surface area contributed by atoms with Gasteiger partial charge in [-0.15, -0.1) is 0 Å². The summed E-state index contributed by atoms with van der Waals surface area (Å²) in [4.78, 5) is 11.8. The predicted octanol–water partition coefficient (Wildman–Crippen LogP) is 2.74. The zero-order valence-electron chi connectivity index (χ0n) is 24.4. The Hall–Kier alpha value is -1.07. The smallest absolute Gasteiger partial charge is 0.331 e. The molecule has 0 spiro atoms. The molecule has 6 rings (SSSR count). The zero-order valence-corrected chi connectivity index (χ0v) is 24.4. The maximum atomic E-state index is 12.4. The molecule has 2 aliphatic heterocycles. The molecule has 40 heavy (non-hydrogen) atoms. The summed E-state index contributed by atoms with van der Waals surface area (Å²) >= 11 is 0. The summed E-state index contributed by atoms with van der Waals surface area (Å²) in [5, 5.41) is 32.8. The van der Waals surface area contributed by atoms with Crippen molar-refractivity contribution in [2.75, 3.05) is 27.4 Å². The van der Waals surface area contributed by atoms with E-state index in [1.54, 1.807) is 13.2 Å². The molecule has 9 heteroatoms. The summed E-state index contributed by atoms with van der Waals surface area (Å²) in [5.41, 5.74) is 0.267. The number of carbonyl (C=O) groups excluding carboxylic acids is 1. The highest BCUT2D eigenvalue weighted by molar-refractivity contribution is 5.85. The molecule has 4 saturated carbocycles. The van der Waals surface area contributed by atoms with Crippen LogP contribution in [0.2, 0.25) is 0 Å². The van der Waals surface area contributed by atoms with Gasteiger partial charge < -0.3 is 39.0 Å². The first-order chi connectivity index (χ1) is 19.1. The first kappa shape index (κ1) is 29.0. The van der Waals surface area contributed by atoms with Gasteiger partial charge in [0, 0.05) is 25.7 Å². The lowest BCUT2D eigenvalue weighted by molar-refractivity contribution is -0.323. The lowest BCUT2D eigenvalue weighted by Crippen LogP contribution is -2.63. The van der Waals surface area contributed by atoms with Crippen LogP contribution in [0.25, 0.3) is 0 Å². The molecule has 9 nitrogen and oxygen atoms in total. The van der Waals surface area contributed by atoms with Gasteiger partial charge in [0.2, 0.25) is 0 Å². The van der Waals surface area contributed by atoms with Crippen LogP contribution in [-0.4, -0.2) is 91.1 Å². The number of esters is 1. The summed E-state index contributed by atoms with van der Waals surface area (Å²) < 4.78 is 28.9. The fourth-order valence-electron chi connectivity index (χ4n) is 10.4. The second kappa shape index (κ2) is 10.6. The molecular weight excluding hydrogens is 516 g/mol. The Morgan fingerprint density at radius 1 is 1.00 bits per heavy atom. The molecule has 4 aliphatic carbocycles. The van der Waals surface area contributed by atoms with Crippen molar-refractivity contribution in [3.8, 4) is 0 Å². The van der Waals surface area contributed by atoms with Crippen LogP contribution in [0.1, 0.15) is 71.6 Å². The van der Waals surface area contributed by atoms with E-state index in [1.807, 2.05) is 0 Å². The number of hydrogen-bond donors (Lipinski definition) is 3. The molecule has 226 valence electrons. The van der Waals surface area contributed by atoms with Gasteiger partial charge in [0.1, 0.15) is 31.0 Å². The first-order valence-electron chi connectivity index (χ1n) is 15.3. The Morgan fingerprint density at radius 3 is 2.45 bits per heavy atom. The molecule has 0 aromatic carbocycles. The van der Waals surface area contributed by atoms with Crippen LogP contribution in [-0.2, 0) is 28.5 Å². The summed E-state index contributed by atoms with van der Waals surface area (Å²) in [6.07, 6.45) is 6.59. The Bertz CT molecular complexity index is 1000. The van der Waals surface area contributed by atoms with Crippen LogP contribution in [0, 0.1) is 34.5 Å². The van der Waals surface area contributed by atoms with E-state index in [1.165, 1.54) is 7.11 Å². The molecule has 0 aromatic heterocycles. The molecule has 3 N–H and O–H groups in total. The third-order valence-electron chi connectivity index (χ3n) is 12.6. The second-order valence-electron chi connectivity index (χ2n) is 13.9. The maximum absolute atomic E-state index is 12.4. The molecule has 0 unspecified atom stereocenters. The summed E-state index contributed by atoms with van der Waals surface area (Å²) in [6, 6.07) is 0. The normalized spacial score (nSPS) is 52.4. The molecule has 0 bridgehead atoms. The number of aliphatic hydroxyl groups excluding tert-OH is 2. The molecule has 2 heterocycles. The average Bonchev–Trinajstić information content (AvgIpc) is 3.48. The number of ether oxygens (including phenoxy) is 5. The Morgan fingerprint density at radius 2 is 1.77 bits per heavy atom. The van der Waals surface area contributed by atoms with E-state index in [0.717, 1.165) is 63.4 Å². The number of rotatable bonds is 6. The molecule has 6 aliphatic rings. The first-order valence-corrected chi connectivity index (χ1v) is 15.3. The van der Waals surface area contributed by atoms with Crippen molar-refractivity contribution in [3.63, 3.8) is 0 Å². The van der Waals surface area contributed by atoms with Gasteiger partial charge in [-0.25, -0.2) is 4.79 Å². The van der Waals surface area contributed by atoms with E-state index >= 15 is 0 Å². The van der Waals surface area contributed by atoms with Gasteiger partial charge in [-0.1, -0.05) is 13.8 Å². The minimum atomic E-state index is -0.999. The van der Waals surface area contributed by atoms with Crippen LogP contribution >= 0.6 is 0 Å². The summed E-state index contributed by atoms with van der Waals surface area (Å²) in [6.45, 7) is 4.77. The van der Waals surface area contributed by atoms with Crippen molar-refractivity contribution >= 4 is 5.97 Å². The quantitative estimate of drug-likeness (QED) is 0.330. The minimum absolute atomic E-state index is 0.0102. The third kappa shape index (κ3) is 4.25. The standard InChI is InChI=1S/C31H48O9/c1-29-10-7-19(39-28-27(37-4)26(36-3)25(34)23(15-32)40-28)14-18(29)5-6-22-21(29)8-11-30(2)20(9-12-31(22,30)35)17-13-24(33)38-16-17/h13,18-23,25-28,32,34-35H,5-12,14-16H2,1-4H3/t18-,19+,20-,21+,22-,23-,25-,26+,27-,28-,29+,30-,31+/m1/s1. The number of fused-ring (bicyclic) bond motifs is 5. The number of hydrogen-bond acceptors (Lipinski definition) is 9. The van der Waals surface area contributed by atoms with E-state index in [2.05, 4.69) is 13.8 Å².